The zero-order chi connectivity index (χ0) is 27.9. The quantitative estimate of drug-likeness (QED) is 0.211. The molecular formula is C39H25N3. The van der Waals surface area contributed by atoms with E-state index in [1.54, 1.807) is 0 Å². The van der Waals surface area contributed by atoms with Gasteiger partial charge >= 0.3 is 0 Å². The van der Waals surface area contributed by atoms with Crippen LogP contribution in [-0.4, -0.2) is 15.0 Å². The molecule has 0 aliphatic heterocycles. The molecule has 42 heavy (non-hydrogen) atoms. The summed E-state index contributed by atoms with van der Waals surface area (Å²) in [5.41, 5.74) is 9.33. The summed E-state index contributed by atoms with van der Waals surface area (Å²) in [6.07, 6.45) is 0. The van der Waals surface area contributed by atoms with Gasteiger partial charge in [0.05, 0.1) is 22.4 Å². The van der Waals surface area contributed by atoms with Crippen molar-refractivity contribution in [2.24, 2.45) is 0 Å². The number of pyridine rings is 1. The van der Waals surface area contributed by atoms with Crippen LogP contribution in [0.25, 0.3) is 77.6 Å². The Balaban J connectivity index is 1.27. The van der Waals surface area contributed by atoms with Crippen LogP contribution in [0, 0.1) is 0 Å². The lowest BCUT2D eigenvalue weighted by Crippen LogP contribution is -1.95. The fraction of sp³-hybridized carbons (Fsp3) is 0. The maximum absolute atomic E-state index is 5.18. The Morgan fingerprint density at radius 3 is 1.60 bits per heavy atom. The number of hydrogen-bond acceptors (Lipinski definition) is 3. The molecule has 0 saturated carbocycles. The van der Waals surface area contributed by atoms with Crippen LogP contribution in [0.1, 0.15) is 0 Å². The molecule has 0 bridgehead atoms. The molecule has 8 rings (SSSR count). The summed E-state index contributed by atoms with van der Waals surface area (Å²) in [7, 11) is 0. The number of fused-ring (bicyclic) bond motifs is 4. The van der Waals surface area contributed by atoms with Crippen LogP contribution in [0.15, 0.2) is 152 Å². The number of benzene rings is 6. The Bertz CT molecular complexity index is 2240. The topological polar surface area (TPSA) is 38.7 Å². The maximum atomic E-state index is 5.18. The van der Waals surface area contributed by atoms with E-state index >= 15 is 0 Å². The first-order valence-electron chi connectivity index (χ1n) is 14.1. The summed E-state index contributed by atoms with van der Waals surface area (Å²) in [5.74, 6) is 0.730. The molecule has 0 radical (unpaired) electrons. The van der Waals surface area contributed by atoms with Crippen molar-refractivity contribution in [1.29, 1.82) is 0 Å². The Morgan fingerprint density at radius 2 is 0.833 bits per heavy atom. The number of hydrogen-bond donors (Lipinski definition) is 0. The van der Waals surface area contributed by atoms with E-state index < -0.39 is 0 Å². The zero-order valence-corrected chi connectivity index (χ0v) is 22.8. The molecular weight excluding hydrogens is 510 g/mol. The van der Waals surface area contributed by atoms with Crippen molar-refractivity contribution in [2.45, 2.75) is 0 Å². The zero-order valence-electron chi connectivity index (χ0n) is 22.8. The fourth-order valence-corrected chi connectivity index (χ4v) is 5.87. The summed E-state index contributed by atoms with van der Waals surface area (Å²) in [4.78, 5) is 15.1. The summed E-state index contributed by atoms with van der Waals surface area (Å²) in [5, 5.41) is 4.58. The molecule has 0 amide bonds. The highest BCUT2D eigenvalue weighted by atomic mass is 14.9. The average Bonchev–Trinajstić information content (AvgIpc) is 3.08. The maximum Gasteiger partial charge on any atom is 0.160 e. The van der Waals surface area contributed by atoms with Crippen molar-refractivity contribution >= 4 is 32.6 Å². The largest absolute Gasteiger partial charge is 0.247 e. The van der Waals surface area contributed by atoms with Crippen molar-refractivity contribution in [3.63, 3.8) is 0 Å². The molecule has 3 heteroatoms. The van der Waals surface area contributed by atoms with E-state index in [2.05, 4.69) is 121 Å². The third kappa shape index (κ3) is 4.11. The minimum absolute atomic E-state index is 0.730. The average molecular weight is 536 g/mol. The van der Waals surface area contributed by atoms with Gasteiger partial charge in [0.25, 0.3) is 0 Å². The molecule has 2 heterocycles. The number of nitrogens with zero attached hydrogens (tertiary/aromatic N) is 3. The van der Waals surface area contributed by atoms with E-state index in [1.807, 2.05) is 30.3 Å². The molecule has 0 unspecified atom stereocenters. The van der Waals surface area contributed by atoms with E-state index in [9.17, 15) is 0 Å². The minimum atomic E-state index is 0.730. The molecule has 0 aliphatic carbocycles. The van der Waals surface area contributed by atoms with Crippen LogP contribution in [0.5, 0.6) is 0 Å². The fourth-order valence-electron chi connectivity index (χ4n) is 5.87. The molecule has 0 N–H and O–H groups in total. The Hall–Kier alpha value is -5.67. The van der Waals surface area contributed by atoms with Gasteiger partial charge in [-0.3, -0.25) is 0 Å². The van der Waals surface area contributed by atoms with Gasteiger partial charge < -0.3 is 0 Å². The lowest BCUT2D eigenvalue weighted by Gasteiger charge is -2.14. The predicted octanol–water partition coefficient (Wildman–Crippen LogP) is 10.00. The van der Waals surface area contributed by atoms with Crippen molar-refractivity contribution < 1.29 is 0 Å². The molecule has 0 fully saturated rings. The van der Waals surface area contributed by atoms with E-state index in [0.29, 0.717) is 0 Å². The minimum Gasteiger partial charge on any atom is -0.247 e. The van der Waals surface area contributed by atoms with E-state index in [0.717, 1.165) is 66.8 Å². The number of para-hydroxylation sites is 2. The van der Waals surface area contributed by atoms with Crippen molar-refractivity contribution in [3.05, 3.63) is 152 Å². The third-order valence-corrected chi connectivity index (χ3v) is 7.90. The Labute approximate surface area is 243 Å². The SMILES string of the molecule is c1ccc(-c2nc(-c3ccc(-c4ccccc4-c4nc5ccccc5c5ccccc45)cc3)c3ccccc3n2)cc1. The van der Waals surface area contributed by atoms with Gasteiger partial charge in [-0.15, -0.1) is 0 Å². The van der Waals surface area contributed by atoms with Crippen molar-refractivity contribution in [1.82, 2.24) is 15.0 Å². The lowest BCUT2D eigenvalue weighted by atomic mass is 9.93. The monoisotopic (exact) mass is 535 g/mol. The first kappa shape index (κ1) is 24.2. The number of aromatic nitrogens is 3. The van der Waals surface area contributed by atoms with Crippen LogP contribution >= 0.6 is 0 Å². The van der Waals surface area contributed by atoms with Crippen molar-refractivity contribution in [3.8, 4) is 45.0 Å². The van der Waals surface area contributed by atoms with Gasteiger partial charge in [-0.25, -0.2) is 15.0 Å². The van der Waals surface area contributed by atoms with Gasteiger partial charge in [0.15, 0.2) is 5.82 Å². The first-order chi connectivity index (χ1) is 20.8. The summed E-state index contributed by atoms with van der Waals surface area (Å²) < 4.78 is 0. The van der Waals surface area contributed by atoms with E-state index in [4.69, 9.17) is 15.0 Å². The highest BCUT2D eigenvalue weighted by Crippen LogP contribution is 2.38. The molecule has 3 nitrogen and oxygen atoms in total. The molecule has 0 aliphatic rings. The van der Waals surface area contributed by atoms with Crippen LogP contribution in [0.3, 0.4) is 0 Å². The second-order valence-corrected chi connectivity index (χ2v) is 10.4. The van der Waals surface area contributed by atoms with E-state index in [-0.39, 0.29) is 0 Å². The molecule has 0 saturated heterocycles. The Kier molecular flexibility index (Phi) is 5.79. The van der Waals surface area contributed by atoms with Gasteiger partial charge in [0, 0.05) is 32.8 Å². The third-order valence-electron chi connectivity index (χ3n) is 7.90. The lowest BCUT2D eigenvalue weighted by molar-refractivity contribution is 1.23. The highest BCUT2D eigenvalue weighted by Gasteiger charge is 2.15. The van der Waals surface area contributed by atoms with Gasteiger partial charge in [0.2, 0.25) is 0 Å². The molecule has 0 spiro atoms. The second kappa shape index (κ2) is 10.1. The first-order valence-corrected chi connectivity index (χ1v) is 14.1. The molecule has 2 aromatic heterocycles. The van der Waals surface area contributed by atoms with Gasteiger partial charge in [-0.05, 0) is 28.6 Å². The van der Waals surface area contributed by atoms with Crippen LogP contribution in [0.4, 0.5) is 0 Å². The Morgan fingerprint density at radius 1 is 0.286 bits per heavy atom. The van der Waals surface area contributed by atoms with Gasteiger partial charge in [-0.1, -0.05) is 140 Å². The smallest absolute Gasteiger partial charge is 0.160 e. The normalized spacial score (nSPS) is 11.3. The summed E-state index contributed by atoms with van der Waals surface area (Å²) in [6, 6.07) is 52.6. The highest BCUT2D eigenvalue weighted by molar-refractivity contribution is 6.12. The van der Waals surface area contributed by atoms with Crippen LogP contribution in [-0.2, 0) is 0 Å². The standard InChI is InChI=1S/C39H25N3/c1-2-12-28(13-3-1)39-41-36-21-11-9-19-34(36)37(42-39)27-24-22-26(23-25-27)29-14-4-6-17-32(29)38-33-18-7-5-15-30(33)31-16-8-10-20-35(31)40-38/h1-25H. The molecule has 8 aromatic rings. The van der Waals surface area contributed by atoms with E-state index in [1.165, 1.54) is 10.8 Å². The second-order valence-electron chi connectivity index (χ2n) is 10.4. The summed E-state index contributed by atoms with van der Waals surface area (Å²) in [6.45, 7) is 0. The molecule has 196 valence electrons. The predicted molar refractivity (Wildman–Crippen MR) is 174 cm³/mol. The summed E-state index contributed by atoms with van der Waals surface area (Å²) >= 11 is 0. The van der Waals surface area contributed by atoms with Gasteiger partial charge in [0.1, 0.15) is 0 Å². The molecule has 0 atom stereocenters. The van der Waals surface area contributed by atoms with Crippen LogP contribution < -0.4 is 0 Å². The molecule has 6 aromatic carbocycles. The van der Waals surface area contributed by atoms with Crippen LogP contribution in [0.2, 0.25) is 0 Å². The number of rotatable bonds is 4. The van der Waals surface area contributed by atoms with Crippen molar-refractivity contribution in [2.75, 3.05) is 0 Å². The van der Waals surface area contributed by atoms with Gasteiger partial charge in [-0.2, -0.15) is 0 Å².